The van der Waals surface area contributed by atoms with Gasteiger partial charge in [-0.05, 0) is 11.6 Å². The van der Waals surface area contributed by atoms with Crippen molar-refractivity contribution in [3.8, 4) is 6.07 Å². The number of aryl methyl sites for hydroxylation is 1. The first-order valence-electron chi connectivity index (χ1n) is 3.03. The molecule has 0 unspecified atom stereocenters. The average Bonchev–Trinajstić information content (AvgIpc) is 2.30. The summed E-state index contributed by atoms with van der Waals surface area (Å²) in [7, 11) is 1.83. The molecule has 0 radical (unpaired) electrons. The summed E-state index contributed by atoms with van der Waals surface area (Å²) < 4.78 is 1.77. The van der Waals surface area contributed by atoms with Gasteiger partial charge in [-0.2, -0.15) is 5.26 Å². The smallest absolute Gasteiger partial charge is 0.120 e. The molecule has 1 rings (SSSR count). The van der Waals surface area contributed by atoms with Gasteiger partial charge in [0, 0.05) is 19.8 Å². The third kappa shape index (κ3) is 1.02. The average molecular weight is 135 g/mol. The molecular weight excluding hydrogens is 126 g/mol. The highest BCUT2D eigenvalue weighted by atomic mass is 14.9. The van der Waals surface area contributed by atoms with E-state index in [4.69, 9.17) is 11.0 Å². The Kier molecular flexibility index (Phi) is 1.74. The zero-order valence-electron chi connectivity index (χ0n) is 5.83. The third-order valence-electron chi connectivity index (χ3n) is 1.41. The standard InChI is InChI=1S/C7H9N3/c1-10-5-6(3-8)2-7(10)4-9/h2,5H,3,8H2,1H3. The van der Waals surface area contributed by atoms with Crippen molar-refractivity contribution in [2.75, 3.05) is 0 Å². The summed E-state index contributed by atoms with van der Waals surface area (Å²) in [5.41, 5.74) is 7.02. The van der Waals surface area contributed by atoms with Crippen molar-refractivity contribution >= 4 is 0 Å². The second-order valence-corrected chi connectivity index (χ2v) is 2.16. The van der Waals surface area contributed by atoms with E-state index < -0.39 is 0 Å². The first kappa shape index (κ1) is 6.84. The molecule has 1 heterocycles. The zero-order chi connectivity index (χ0) is 7.56. The number of nitriles is 1. The van der Waals surface area contributed by atoms with E-state index in [1.54, 1.807) is 10.6 Å². The fourth-order valence-electron chi connectivity index (χ4n) is 0.856. The van der Waals surface area contributed by atoms with Crippen molar-refractivity contribution < 1.29 is 0 Å². The monoisotopic (exact) mass is 135 g/mol. The fourth-order valence-corrected chi connectivity index (χ4v) is 0.856. The van der Waals surface area contributed by atoms with Crippen molar-refractivity contribution in [3.63, 3.8) is 0 Å². The second kappa shape index (κ2) is 2.54. The lowest BCUT2D eigenvalue weighted by atomic mass is 10.3. The third-order valence-corrected chi connectivity index (χ3v) is 1.41. The van der Waals surface area contributed by atoms with Crippen molar-refractivity contribution in [3.05, 3.63) is 23.5 Å². The zero-order valence-corrected chi connectivity index (χ0v) is 5.83. The number of hydrogen-bond acceptors (Lipinski definition) is 2. The summed E-state index contributed by atoms with van der Waals surface area (Å²) in [6, 6.07) is 3.85. The molecule has 3 nitrogen and oxygen atoms in total. The lowest BCUT2D eigenvalue weighted by Gasteiger charge is -1.87. The molecule has 2 N–H and O–H groups in total. The molecule has 0 saturated heterocycles. The molecule has 0 aliphatic carbocycles. The Balaban J connectivity index is 3.07. The summed E-state index contributed by atoms with van der Waals surface area (Å²) in [6.07, 6.45) is 1.86. The number of nitrogens with zero attached hydrogens (tertiary/aromatic N) is 2. The highest BCUT2D eigenvalue weighted by Crippen LogP contribution is 2.03. The van der Waals surface area contributed by atoms with Gasteiger partial charge < -0.3 is 10.3 Å². The lowest BCUT2D eigenvalue weighted by Crippen LogP contribution is -1.93. The SMILES string of the molecule is Cn1cc(CN)cc1C#N. The van der Waals surface area contributed by atoms with Gasteiger partial charge in [0.25, 0.3) is 0 Å². The van der Waals surface area contributed by atoms with Gasteiger partial charge in [-0.3, -0.25) is 0 Å². The van der Waals surface area contributed by atoms with Crippen LogP contribution in [0.3, 0.4) is 0 Å². The molecule has 0 atom stereocenters. The normalized spacial score (nSPS) is 9.30. The van der Waals surface area contributed by atoms with Crippen LogP contribution in [0.15, 0.2) is 12.3 Å². The van der Waals surface area contributed by atoms with Crippen molar-refractivity contribution in [2.45, 2.75) is 6.54 Å². The molecule has 0 spiro atoms. The van der Waals surface area contributed by atoms with Crippen molar-refractivity contribution in [1.82, 2.24) is 4.57 Å². The summed E-state index contributed by atoms with van der Waals surface area (Å²) in [6.45, 7) is 0.496. The Hall–Kier alpha value is -1.27. The van der Waals surface area contributed by atoms with Gasteiger partial charge in [0.05, 0.1) is 0 Å². The highest BCUT2D eigenvalue weighted by molar-refractivity contribution is 5.27. The number of nitrogens with two attached hydrogens (primary N) is 1. The van der Waals surface area contributed by atoms with E-state index >= 15 is 0 Å². The van der Waals surface area contributed by atoms with E-state index in [1.165, 1.54) is 0 Å². The number of rotatable bonds is 1. The topological polar surface area (TPSA) is 54.7 Å². The van der Waals surface area contributed by atoms with Gasteiger partial charge >= 0.3 is 0 Å². The van der Waals surface area contributed by atoms with E-state index in [0.717, 1.165) is 5.56 Å². The molecule has 0 fully saturated rings. The maximum absolute atomic E-state index is 8.52. The molecule has 0 aromatic carbocycles. The van der Waals surface area contributed by atoms with Gasteiger partial charge in [-0.1, -0.05) is 0 Å². The van der Waals surface area contributed by atoms with E-state index in [-0.39, 0.29) is 0 Å². The Morgan fingerprint density at radius 3 is 2.80 bits per heavy atom. The van der Waals surface area contributed by atoms with Gasteiger partial charge in [0.1, 0.15) is 11.8 Å². The van der Waals surface area contributed by atoms with Crippen molar-refractivity contribution in [1.29, 1.82) is 5.26 Å². The van der Waals surface area contributed by atoms with E-state index in [1.807, 2.05) is 13.2 Å². The molecule has 1 aromatic rings. The minimum absolute atomic E-state index is 0.496. The molecule has 0 aliphatic heterocycles. The van der Waals surface area contributed by atoms with Crippen LogP contribution in [0.1, 0.15) is 11.3 Å². The summed E-state index contributed by atoms with van der Waals surface area (Å²) in [5, 5.41) is 8.52. The molecular formula is C7H9N3. The largest absolute Gasteiger partial charge is 0.342 e. The molecule has 52 valence electrons. The van der Waals surface area contributed by atoms with E-state index in [0.29, 0.717) is 12.2 Å². The maximum atomic E-state index is 8.52. The molecule has 0 saturated carbocycles. The van der Waals surface area contributed by atoms with E-state index in [9.17, 15) is 0 Å². The Morgan fingerprint density at radius 2 is 2.50 bits per heavy atom. The second-order valence-electron chi connectivity index (χ2n) is 2.16. The summed E-state index contributed by atoms with van der Waals surface area (Å²) in [4.78, 5) is 0. The van der Waals surface area contributed by atoms with E-state index in [2.05, 4.69) is 6.07 Å². The molecule has 0 bridgehead atoms. The lowest BCUT2D eigenvalue weighted by molar-refractivity contribution is 0.899. The Morgan fingerprint density at radius 1 is 1.80 bits per heavy atom. The molecule has 0 amide bonds. The molecule has 1 aromatic heterocycles. The molecule has 10 heavy (non-hydrogen) atoms. The van der Waals surface area contributed by atoms with Crippen LogP contribution < -0.4 is 5.73 Å². The van der Waals surface area contributed by atoms with Crippen molar-refractivity contribution in [2.24, 2.45) is 12.8 Å². The maximum Gasteiger partial charge on any atom is 0.120 e. The highest BCUT2D eigenvalue weighted by Gasteiger charge is 1.98. The van der Waals surface area contributed by atoms with Gasteiger partial charge in [0.2, 0.25) is 0 Å². The van der Waals surface area contributed by atoms with Crippen LogP contribution in [0.2, 0.25) is 0 Å². The minimum atomic E-state index is 0.496. The predicted molar refractivity (Wildman–Crippen MR) is 38.0 cm³/mol. The first-order chi connectivity index (χ1) is 4.77. The van der Waals surface area contributed by atoms with Crippen LogP contribution in [0, 0.1) is 11.3 Å². The van der Waals surface area contributed by atoms with Crippen LogP contribution >= 0.6 is 0 Å². The summed E-state index contributed by atoms with van der Waals surface area (Å²) in [5.74, 6) is 0. The molecule has 3 heteroatoms. The minimum Gasteiger partial charge on any atom is -0.342 e. The van der Waals surface area contributed by atoms with Crippen LogP contribution in [0.4, 0.5) is 0 Å². The summed E-state index contributed by atoms with van der Waals surface area (Å²) >= 11 is 0. The molecule has 0 aliphatic rings. The quantitative estimate of drug-likeness (QED) is 0.604. The van der Waals surface area contributed by atoms with Gasteiger partial charge in [-0.15, -0.1) is 0 Å². The predicted octanol–water partition coefficient (Wildman–Crippen LogP) is 0.355. The Labute approximate surface area is 59.7 Å². The first-order valence-corrected chi connectivity index (χ1v) is 3.03. The van der Waals surface area contributed by atoms with Gasteiger partial charge in [0.15, 0.2) is 0 Å². The number of hydrogen-bond donors (Lipinski definition) is 1. The van der Waals surface area contributed by atoms with Crippen LogP contribution in [-0.2, 0) is 13.6 Å². The Bertz CT molecular complexity index is 267. The van der Waals surface area contributed by atoms with Crippen LogP contribution in [0.5, 0.6) is 0 Å². The number of aromatic nitrogens is 1. The van der Waals surface area contributed by atoms with Crippen LogP contribution in [-0.4, -0.2) is 4.57 Å². The van der Waals surface area contributed by atoms with Crippen LogP contribution in [0.25, 0.3) is 0 Å². The van der Waals surface area contributed by atoms with Gasteiger partial charge in [-0.25, -0.2) is 0 Å². The fraction of sp³-hybridized carbons (Fsp3) is 0.286.